The van der Waals surface area contributed by atoms with Crippen molar-refractivity contribution in [1.29, 1.82) is 0 Å². The number of ether oxygens (including phenoxy) is 2. The third kappa shape index (κ3) is 36.6. The molecular weight excluding hydrogens is 1020 g/mol. The van der Waals surface area contributed by atoms with Gasteiger partial charge in [-0.05, 0) is 38.5 Å². The molecule has 0 amide bonds. The topological polar surface area (TPSA) is 349 Å². The molecule has 0 aromatic rings. The molecule has 1 saturated carbocycles. The Morgan fingerprint density at radius 2 is 0.775 bits per heavy atom. The SMILES string of the molecule is CCCCCCC=CCCCCCCCCCC(=O)O[C@H](COC(=O)CCCCCCCCCCCCCCCCC)COP(=O)(O)OC1C(O)C(OP(=O)(O)O)C(OP(=O)(O)O)[C@@H](OP(=O)(O)O)C1O. The van der Waals surface area contributed by atoms with Gasteiger partial charge in [-0.25, -0.2) is 18.3 Å². The van der Waals surface area contributed by atoms with Crippen LogP contribution in [0, 0.1) is 0 Å². The van der Waals surface area contributed by atoms with Crippen LogP contribution in [0.5, 0.6) is 0 Å². The summed E-state index contributed by atoms with van der Waals surface area (Å²) in [6.45, 7) is 2.76. The first-order valence-corrected chi connectivity index (χ1v) is 31.8. The zero-order chi connectivity index (χ0) is 53.2. The first kappa shape index (κ1) is 68.1. The van der Waals surface area contributed by atoms with Crippen LogP contribution in [0.15, 0.2) is 12.2 Å². The number of phosphoric acid groups is 4. The van der Waals surface area contributed by atoms with E-state index in [9.17, 15) is 72.3 Å². The van der Waals surface area contributed by atoms with Gasteiger partial charge >= 0.3 is 43.2 Å². The zero-order valence-electron chi connectivity index (χ0n) is 41.9. The third-order valence-corrected chi connectivity index (χ3v) is 14.3. The van der Waals surface area contributed by atoms with Gasteiger partial charge in [-0.1, -0.05) is 167 Å². The molecule has 0 radical (unpaired) electrons. The van der Waals surface area contributed by atoms with Crippen molar-refractivity contribution in [3.05, 3.63) is 12.2 Å². The number of phosphoric ester groups is 4. The van der Waals surface area contributed by atoms with Crippen molar-refractivity contribution in [2.45, 2.75) is 249 Å². The maximum atomic E-state index is 13.3. The second-order valence-corrected chi connectivity index (χ2v) is 23.3. The van der Waals surface area contributed by atoms with Crippen LogP contribution < -0.4 is 0 Å². The predicted molar refractivity (Wildman–Crippen MR) is 263 cm³/mol. The number of esters is 2. The summed E-state index contributed by atoms with van der Waals surface area (Å²) < 4.78 is 82.3. The van der Waals surface area contributed by atoms with E-state index >= 15 is 0 Å². The Morgan fingerprint density at radius 3 is 1.17 bits per heavy atom. The fourth-order valence-electron chi connectivity index (χ4n) is 8.08. The molecule has 22 nitrogen and oxygen atoms in total. The number of unbranched alkanes of at least 4 members (excludes halogenated alkanes) is 25. The van der Waals surface area contributed by atoms with Crippen LogP contribution in [-0.2, 0) is 59.9 Å². The summed E-state index contributed by atoms with van der Waals surface area (Å²) in [5.74, 6) is -1.40. The Bertz CT molecular complexity index is 1600. The summed E-state index contributed by atoms with van der Waals surface area (Å²) in [6.07, 6.45) is 17.0. The van der Waals surface area contributed by atoms with Crippen molar-refractivity contribution in [1.82, 2.24) is 0 Å². The Morgan fingerprint density at radius 1 is 0.437 bits per heavy atom. The van der Waals surface area contributed by atoms with Gasteiger partial charge in [-0.3, -0.25) is 32.2 Å². The number of hydrogen-bond acceptors (Lipinski definition) is 15. The first-order valence-electron chi connectivity index (χ1n) is 25.7. The molecule has 1 aliphatic rings. The standard InChI is InChI=1S/C45H88O22P4/c1-3-5-7-9-11-13-15-17-19-21-23-25-27-29-31-33-38(46)61-35-37(63-39(47)34-32-30-28-26-24-22-20-18-16-14-12-10-8-6-4-2)36-62-71(59,60)67-42-40(48)43(64-68(50,51)52)45(66-70(56,57)58)44(41(42)49)65-69(53,54)55/h14,16,37,40-45,48-49H,3-13,15,17-36H2,1-2H3,(H,59,60)(H2,50,51,52)(H2,53,54,55)(H2,56,57,58)/t37-,40?,41?,42?,43+,44?,45?/m1/s1. The van der Waals surface area contributed by atoms with Crippen LogP contribution in [0.1, 0.15) is 206 Å². The highest BCUT2D eigenvalue weighted by atomic mass is 31.2. The lowest BCUT2D eigenvalue weighted by Gasteiger charge is -2.45. The molecule has 9 N–H and O–H groups in total. The number of allylic oxidation sites excluding steroid dienone is 2. The molecule has 0 saturated heterocycles. The van der Waals surface area contributed by atoms with Gasteiger partial charge in [0, 0.05) is 12.8 Å². The normalized spacial score (nSPS) is 21.3. The smallest absolute Gasteiger partial charge is 0.462 e. The van der Waals surface area contributed by atoms with Crippen LogP contribution >= 0.6 is 31.3 Å². The lowest BCUT2D eigenvalue weighted by Crippen LogP contribution is -2.65. The quantitative estimate of drug-likeness (QED) is 0.0119. The van der Waals surface area contributed by atoms with Crippen LogP contribution in [0.3, 0.4) is 0 Å². The second-order valence-electron chi connectivity index (χ2n) is 18.3. The summed E-state index contributed by atoms with van der Waals surface area (Å²) in [6, 6.07) is 0. The van der Waals surface area contributed by atoms with Gasteiger partial charge in [-0.15, -0.1) is 0 Å². The van der Waals surface area contributed by atoms with Gasteiger partial charge < -0.3 is 53.9 Å². The Labute approximate surface area is 421 Å². The van der Waals surface area contributed by atoms with E-state index in [1.807, 2.05) is 0 Å². The molecule has 26 heteroatoms. The van der Waals surface area contributed by atoms with E-state index in [1.54, 1.807) is 0 Å². The Balaban J connectivity index is 2.86. The summed E-state index contributed by atoms with van der Waals surface area (Å²) in [4.78, 5) is 93.0. The van der Waals surface area contributed by atoms with E-state index in [0.717, 1.165) is 77.0 Å². The number of aliphatic hydroxyl groups is 2. The Kier molecular flexibility index (Phi) is 37.0. The minimum atomic E-state index is -5.79. The van der Waals surface area contributed by atoms with Gasteiger partial charge in [0.1, 0.15) is 43.2 Å². The number of carbonyl (C=O) groups excluding carboxylic acids is 2. The largest absolute Gasteiger partial charge is 0.472 e. The van der Waals surface area contributed by atoms with Crippen molar-refractivity contribution in [3.8, 4) is 0 Å². The molecule has 0 heterocycles. The molecule has 0 aliphatic heterocycles. The summed E-state index contributed by atoms with van der Waals surface area (Å²) in [5, 5.41) is 21.9. The van der Waals surface area contributed by atoms with Gasteiger partial charge in [0.15, 0.2) is 6.10 Å². The number of aliphatic hydroxyl groups excluding tert-OH is 2. The minimum absolute atomic E-state index is 0.0388. The summed E-state index contributed by atoms with van der Waals surface area (Å²) in [7, 11) is -23.0. The maximum absolute atomic E-state index is 13.3. The molecule has 6 unspecified atom stereocenters. The van der Waals surface area contributed by atoms with Crippen molar-refractivity contribution in [2.75, 3.05) is 13.2 Å². The average molecular weight is 1110 g/mol. The summed E-state index contributed by atoms with van der Waals surface area (Å²) >= 11 is 0. The molecule has 0 spiro atoms. The van der Waals surface area contributed by atoms with Crippen LogP contribution in [0.2, 0.25) is 0 Å². The van der Waals surface area contributed by atoms with E-state index in [1.165, 1.54) is 83.5 Å². The lowest BCUT2D eigenvalue weighted by atomic mass is 9.85. The van der Waals surface area contributed by atoms with E-state index in [2.05, 4.69) is 39.6 Å². The summed E-state index contributed by atoms with van der Waals surface area (Å²) in [5.41, 5.74) is 0. The molecule has 1 fully saturated rings. The molecule has 0 aromatic carbocycles. The van der Waals surface area contributed by atoms with Gasteiger partial charge in [-0.2, -0.15) is 0 Å². The number of hydrogen-bond donors (Lipinski definition) is 9. The van der Waals surface area contributed by atoms with Crippen molar-refractivity contribution in [3.63, 3.8) is 0 Å². The van der Waals surface area contributed by atoms with Crippen molar-refractivity contribution < 1.29 is 104 Å². The average Bonchev–Trinajstić information content (AvgIpc) is 3.27. The predicted octanol–water partition coefficient (Wildman–Crippen LogP) is 9.41. The minimum Gasteiger partial charge on any atom is -0.462 e. The van der Waals surface area contributed by atoms with E-state index in [-0.39, 0.29) is 12.8 Å². The molecular formula is C45H88O22P4. The van der Waals surface area contributed by atoms with Gasteiger partial charge in [0.2, 0.25) is 0 Å². The molecule has 71 heavy (non-hydrogen) atoms. The van der Waals surface area contributed by atoms with Crippen LogP contribution in [-0.4, -0.2) is 112 Å². The molecule has 420 valence electrons. The van der Waals surface area contributed by atoms with Crippen molar-refractivity contribution in [2.24, 2.45) is 0 Å². The monoisotopic (exact) mass is 1100 g/mol. The Hall–Kier alpha value is -0.960. The number of rotatable bonds is 45. The van der Waals surface area contributed by atoms with Crippen molar-refractivity contribution >= 4 is 43.2 Å². The highest BCUT2D eigenvalue weighted by molar-refractivity contribution is 7.47. The maximum Gasteiger partial charge on any atom is 0.472 e. The number of carbonyl (C=O) groups is 2. The first-order chi connectivity index (χ1) is 33.5. The van der Waals surface area contributed by atoms with Gasteiger partial charge in [0.05, 0.1) is 6.61 Å². The molecule has 1 aliphatic carbocycles. The van der Waals surface area contributed by atoms with Gasteiger partial charge in [0.25, 0.3) is 0 Å². The molecule has 1 rings (SSSR count). The highest BCUT2D eigenvalue weighted by Gasteiger charge is 2.59. The fraction of sp³-hybridized carbons (Fsp3) is 0.911. The fourth-order valence-corrected chi connectivity index (χ4v) is 10.7. The van der Waals surface area contributed by atoms with E-state index in [4.69, 9.17) is 18.5 Å². The van der Waals surface area contributed by atoms with E-state index in [0.29, 0.717) is 19.3 Å². The lowest BCUT2D eigenvalue weighted by molar-refractivity contribution is -0.209. The van der Waals surface area contributed by atoms with Crippen LogP contribution in [0.4, 0.5) is 0 Å². The van der Waals surface area contributed by atoms with E-state index < -0.39 is 99.2 Å². The second kappa shape index (κ2) is 38.6. The zero-order valence-corrected chi connectivity index (χ0v) is 45.5. The molecule has 0 aromatic heterocycles. The highest BCUT2D eigenvalue weighted by Crippen LogP contribution is 2.53. The molecule has 0 bridgehead atoms. The molecule has 8 atom stereocenters. The third-order valence-electron chi connectivity index (χ3n) is 11.8. The van der Waals surface area contributed by atoms with Crippen LogP contribution in [0.25, 0.3) is 0 Å².